The van der Waals surface area contributed by atoms with E-state index in [1.165, 1.54) is 64.2 Å². The molecule has 0 aliphatic carbocycles. The standard InChI is InChI=1S/C19H36N5/c1-3-5-7-9-11-13-15-20-18-22-17-23-19(24-18)21-16-14-12-10-8-6-4-2/h3-16H2,1-2H3,(H2,20,21,22,23,24). The molecule has 0 atom stereocenters. The van der Waals surface area contributed by atoms with Gasteiger partial charge >= 0.3 is 0 Å². The van der Waals surface area contributed by atoms with E-state index in [9.17, 15) is 0 Å². The number of nitrogens with one attached hydrogen (secondary N) is 2. The van der Waals surface area contributed by atoms with Crippen molar-refractivity contribution in [3.63, 3.8) is 0 Å². The zero-order chi connectivity index (χ0) is 17.3. The summed E-state index contributed by atoms with van der Waals surface area (Å²) in [6.45, 7) is 6.33. The topological polar surface area (TPSA) is 62.7 Å². The maximum atomic E-state index is 4.39. The Labute approximate surface area is 148 Å². The lowest BCUT2D eigenvalue weighted by atomic mass is 10.1. The van der Waals surface area contributed by atoms with Gasteiger partial charge in [0.25, 0.3) is 0 Å². The Morgan fingerprint density at radius 2 is 1.04 bits per heavy atom. The Kier molecular flexibility index (Phi) is 13.0. The van der Waals surface area contributed by atoms with Gasteiger partial charge in [0.05, 0.1) is 0 Å². The van der Waals surface area contributed by atoms with Crippen LogP contribution in [0, 0.1) is 6.33 Å². The minimum Gasteiger partial charge on any atom is -0.354 e. The number of aromatic nitrogens is 3. The molecule has 0 aliphatic rings. The summed E-state index contributed by atoms with van der Waals surface area (Å²) >= 11 is 0. The molecule has 24 heavy (non-hydrogen) atoms. The molecule has 0 spiro atoms. The normalized spacial score (nSPS) is 10.8. The summed E-state index contributed by atoms with van der Waals surface area (Å²) in [4.78, 5) is 12.5. The summed E-state index contributed by atoms with van der Waals surface area (Å²) in [7, 11) is 0. The van der Waals surface area contributed by atoms with Gasteiger partial charge in [-0.1, -0.05) is 78.1 Å². The number of hydrogen-bond acceptors (Lipinski definition) is 5. The van der Waals surface area contributed by atoms with E-state index >= 15 is 0 Å². The molecule has 137 valence electrons. The van der Waals surface area contributed by atoms with E-state index in [4.69, 9.17) is 0 Å². The Balaban J connectivity index is 2.08. The molecule has 0 unspecified atom stereocenters. The smallest absolute Gasteiger partial charge is 0.228 e. The molecule has 0 amide bonds. The molecule has 0 fully saturated rings. The molecule has 2 N–H and O–H groups in total. The van der Waals surface area contributed by atoms with E-state index in [1.54, 1.807) is 0 Å². The lowest BCUT2D eigenvalue weighted by Gasteiger charge is -2.07. The first kappa shape index (κ1) is 20.7. The van der Waals surface area contributed by atoms with Gasteiger partial charge in [0.1, 0.15) is 0 Å². The SMILES string of the molecule is CCCCCCCCNc1n[c]nc(NCCCCCCCC)n1. The molecule has 1 rings (SSSR count). The van der Waals surface area contributed by atoms with Gasteiger partial charge in [0, 0.05) is 13.1 Å². The van der Waals surface area contributed by atoms with Crippen molar-refractivity contribution < 1.29 is 0 Å². The monoisotopic (exact) mass is 334 g/mol. The van der Waals surface area contributed by atoms with Gasteiger partial charge in [0.15, 0.2) is 0 Å². The predicted octanol–water partition coefficient (Wildman–Crippen LogP) is 5.22. The summed E-state index contributed by atoms with van der Waals surface area (Å²) in [6, 6.07) is 0. The third-order valence-corrected chi connectivity index (χ3v) is 4.15. The fourth-order valence-corrected chi connectivity index (χ4v) is 2.64. The van der Waals surface area contributed by atoms with Crippen LogP contribution in [-0.2, 0) is 0 Å². The van der Waals surface area contributed by atoms with E-state index in [-0.39, 0.29) is 0 Å². The van der Waals surface area contributed by atoms with Crippen molar-refractivity contribution in [1.82, 2.24) is 15.0 Å². The molecule has 1 aromatic rings. The number of hydrogen-bond donors (Lipinski definition) is 2. The van der Waals surface area contributed by atoms with Crippen LogP contribution in [0.3, 0.4) is 0 Å². The first-order valence-corrected chi connectivity index (χ1v) is 9.96. The average Bonchev–Trinajstić information content (AvgIpc) is 2.60. The summed E-state index contributed by atoms with van der Waals surface area (Å²) < 4.78 is 0. The van der Waals surface area contributed by atoms with Crippen LogP contribution in [0.25, 0.3) is 0 Å². The zero-order valence-corrected chi connectivity index (χ0v) is 15.7. The molecule has 1 aromatic heterocycles. The van der Waals surface area contributed by atoms with E-state index in [2.05, 4.69) is 45.8 Å². The van der Waals surface area contributed by atoms with Crippen LogP contribution in [0.15, 0.2) is 0 Å². The second kappa shape index (κ2) is 15.2. The average molecular weight is 335 g/mol. The van der Waals surface area contributed by atoms with Gasteiger partial charge in [-0.05, 0) is 12.8 Å². The summed E-state index contributed by atoms with van der Waals surface area (Å²) in [6.07, 6.45) is 18.2. The minimum absolute atomic E-state index is 0.629. The second-order valence-corrected chi connectivity index (χ2v) is 6.47. The maximum Gasteiger partial charge on any atom is 0.228 e. The van der Waals surface area contributed by atoms with Crippen LogP contribution in [-0.4, -0.2) is 28.0 Å². The molecule has 0 aliphatic heterocycles. The van der Waals surface area contributed by atoms with Crippen molar-refractivity contribution >= 4 is 11.9 Å². The molecule has 0 saturated carbocycles. The second-order valence-electron chi connectivity index (χ2n) is 6.47. The van der Waals surface area contributed by atoms with Crippen LogP contribution in [0.1, 0.15) is 90.9 Å². The van der Waals surface area contributed by atoms with Gasteiger partial charge in [0.2, 0.25) is 18.2 Å². The largest absolute Gasteiger partial charge is 0.354 e. The third kappa shape index (κ3) is 11.2. The maximum absolute atomic E-state index is 4.39. The minimum atomic E-state index is 0.629. The molecule has 0 bridgehead atoms. The Bertz CT molecular complexity index is 364. The Morgan fingerprint density at radius 1 is 0.625 bits per heavy atom. The highest BCUT2D eigenvalue weighted by Gasteiger charge is 2.00. The van der Waals surface area contributed by atoms with Gasteiger partial charge in [-0.25, -0.2) is 0 Å². The molecule has 5 heteroatoms. The van der Waals surface area contributed by atoms with E-state index in [0.717, 1.165) is 25.9 Å². The van der Waals surface area contributed by atoms with Crippen LogP contribution in [0.5, 0.6) is 0 Å². The molecular formula is C19H36N5. The number of rotatable bonds is 16. The van der Waals surface area contributed by atoms with Crippen LogP contribution >= 0.6 is 0 Å². The lowest BCUT2D eigenvalue weighted by Crippen LogP contribution is -2.10. The molecule has 0 aromatic carbocycles. The van der Waals surface area contributed by atoms with Crippen LogP contribution in [0.4, 0.5) is 11.9 Å². The lowest BCUT2D eigenvalue weighted by molar-refractivity contribution is 0.615. The summed E-state index contributed by atoms with van der Waals surface area (Å²) in [5.74, 6) is 1.26. The summed E-state index contributed by atoms with van der Waals surface area (Å²) in [5.41, 5.74) is 0. The third-order valence-electron chi connectivity index (χ3n) is 4.15. The quantitative estimate of drug-likeness (QED) is 0.406. The zero-order valence-electron chi connectivity index (χ0n) is 15.7. The van der Waals surface area contributed by atoms with Crippen molar-refractivity contribution in [1.29, 1.82) is 0 Å². The number of unbranched alkanes of at least 4 members (excludes halogenated alkanes) is 10. The Hall–Kier alpha value is -1.39. The van der Waals surface area contributed by atoms with E-state index in [0.29, 0.717) is 11.9 Å². The first-order valence-electron chi connectivity index (χ1n) is 9.96. The van der Waals surface area contributed by atoms with Crippen molar-refractivity contribution in [2.24, 2.45) is 0 Å². The van der Waals surface area contributed by atoms with E-state index in [1.807, 2.05) is 0 Å². The highest BCUT2D eigenvalue weighted by Crippen LogP contribution is 2.07. The molecule has 1 radical (unpaired) electrons. The number of nitrogens with zero attached hydrogens (tertiary/aromatic N) is 3. The van der Waals surface area contributed by atoms with Gasteiger partial charge < -0.3 is 10.6 Å². The van der Waals surface area contributed by atoms with Gasteiger partial charge in [-0.3, -0.25) is 0 Å². The number of anilines is 2. The Morgan fingerprint density at radius 3 is 1.50 bits per heavy atom. The van der Waals surface area contributed by atoms with Crippen molar-refractivity contribution in [2.75, 3.05) is 23.7 Å². The van der Waals surface area contributed by atoms with Crippen molar-refractivity contribution in [2.45, 2.75) is 90.9 Å². The van der Waals surface area contributed by atoms with E-state index < -0.39 is 0 Å². The molecular weight excluding hydrogens is 298 g/mol. The van der Waals surface area contributed by atoms with Gasteiger partial charge in [-0.15, -0.1) is 0 Å². The molecule has 0 saturated heterocycles. The van der Waals surface area contributed by atoms with Crippen molar-refractivity contribution in [3.8, 4) is 0 Å². The fourth-order valence-electron chi connectivity index (χ4n) is 2.64. The van der Waals surface area contributed by atoms with Crippen LogP contribution in [0.2, 0.25) is 0 Å². The van der Waals surface area contributed by atoms with Crippen molar-refractivity contribution in [3.05, 3.63) is 6.33 Å². The van der Waals surface area contributed by atoms with Gasteiger partial charge in [-0.2, -0.15) is 15.0 Å². The first-order chi connectivity index (χ1) is 11.9. The molecule has 5 nitrogen and oxygen atoms in total. The highest BCUT2D eigenvalue weighted by molar-refractivity contribution is 5.32. The van der Waals surface area contributed by atoms with Crippen LogP contribution < -0.4 is 10.6 Å². The highest BCUT2D eigenvalue weighted by atomic mass is 15.2. The fraction of sp³-hybridized carbons (Fsp3) is 0.842. The summed E-state index contributed by atoms with van der Waals surface area (Å²) in [5, 5.41) is 6.53. The predicted molar refractivity (Wildman–Crippen MR) is 102 cm³/mol. The molecule has 1 heterocycles.